The number of carbonyl (C=O) groups is 2. The topological polar surface area (TPSA) is 67.4 Å². The SMILES string of the molecule is COc1ccc(CCNC(=O)Cc2ccc3c(c2)CCC(=O)N3)cc1. The molecular formula is C20H22N2O3. The van der Waals surface area contributed by atoms with Crippen LogP contribution in [0.15, 0.2) is 42.5 Å². The Labute approximate surface area is 147 Å². The summed E-state index contributed by atoms with van der Waals surface area (Å²) in [5.41, 5.74) is 4.09. The third kappa shape index (κ3) is 4.59. The number of aryl methyl sites for hydroxylation is 1. The first-order valence-electron chi connectivity index (χ1n) is 8.45. The van der Waals surface area contributed by atoms with Gasteiger partial charge in [0.25, 0.3) is 0 Å². The molecule has 0 fully saturated rings. The molecule has 0 aliphatic carbocycles. The second kappa shape index (κ2) is 7.83. The van der Waals surface area contributed by atoms with E-state index in [1.807, 2.05) is 42.5 Å². The van der Waals surface area contributed by atoms with Crippen molar-refractivity contribution < 1.29 is 14.3 Å². The zero-order valence-corrected chi connectivity index (χ0v) is 14.3. The zero-order valence-electron chi connectivity index (χ0n) is 14.3. The quantitative estimate of drug-likeness (QED) is 0.850. The van der Waals surface area contributed by atoms with Gasteiger partial charge in [0.2, 0.25) is 11.8 Å². The summed E-state index contributed by atoms with van der Waals surface area (Å²) in [5, 5.41) is 5.81. The van der Waals surface area contributed by atoms with Gasteiger partial charge in [-0.3, -0.25) is 9.59 Å². The lowest BCUT2D eigenvalue weighted by Crippen LogP contribution is -2.27. The van der Waals surface area contributed by atoms with Gasteiger partial charge in [-0.2, -0.15) is 0 Å². The Morgan fingerprint density at radius 1 is 1.12 bits per heavy atom. The van der Waals surface area contributed by atoms with Crippen molar-refractivity contribution in [1.82, 2.24) is 5.32 Å². The number of nitrogens with one attached hydrogen (secondary N) is 2. The number of ether oxygens (including phenoxy) is 1. The summed E-state index contributed by atoms with van der Waals surface area (Å²) in [6.45, 7) is 0.603. The van der Waals surface area contributed by atoms with Gasteiger partial charge in [-0.15, -0.1) is 0 Å². The maximum atomic E-state index is 12.1. The molecule has 2 aromatic rings. The average molecular weight is 338 g/mol. The van der Waals surface area contributed by atoms with Gasteiger partial charge in [-0.1, -0.05) is 24.3 Å². The van der Waals surface area contributed by atoms with Crippen LogP contribution in [0.1, 0.15) is 23.1 Å². The predicted molar refractivity (Wildman–Crippen MR) is 96.8 cm³/mol. The van der Waals surface area contributed by atoms with Crippen LogP contribution in [0, 0.1) is 0 Å². The summed E-state index contributed by atoms with van der Waals surface area (Å²) in [7, 11) is 1.64. The first kappa shape index (κ1) is 17.0. The summed E-state index contributed by atoms with van der Waals surface area (Å²) >= 11 is 0. The average Bonchev–Trinajstić information content (AvgIpc) is 2.62. The van der Waals surface area contributed by atoms with E-state index in [0.29, 0.717) is 19.4 Å². The molecule has 0 bridgehead atoms. The van der Waals surface area contributed by atoms with Crippen molar-refractivity contribution in [2.75, 3.05) is 19.0 Å². The van der Waals surface area contributed by atoms with E-state index in [1.165, 1.54) is 0 Å². The molecule has 2 amide bonds. The van der Waals surface area contributed by atoms with Crippen LogP contribution in [0.4, 0.5) is 5.69 Å². The fourth-order valence-corrected chi connectivity index (χ4v) is 2.93. The van der Waals surface area contributed by atoms with E-state index in [0.717, 1.165) is 41.0 Å². The van der Waals surface area contributed by atoms with Crippen LogP contribution in [-0.2, 0) is 28.9 Å². The highest BCUT2D eigenvalue weighted by Gasteiger charge is 2.15. The number of carbonyl (C=O) groups excluding carboxylic acids is 2. The molecule has 1 heterocycles. The van der Waals surface area contributed by atoms with Crippen LogP contribution >= 0.6 is 0 Å². The third-order valence-electron chi connectivity index (χ3n) is 4.32. The molecule has 2 N–H and O–H groups in total. The van der Waals surface area contributed by atoms with E-state index >= 15 is 0 Å². The van der Waals surface area contributed by atoms with Crippen molar-refractivity contribution in [3.63, 3.8) is 0 Å². The summed E-state index contributed by atoms with van der Waals surface area (Å²) in [5.74, 6) is 0.890. The van der Waals surface area contributed by atoms with E-state index in [1.54, 1.807) is 7.11 Å². The first-order valence-corrected chi connectivity index (χ1v) is 8.45. The molecule has 0 spiro atoms. The molecule has 1 aliphatic rings. The molecule has 3 rings (SSSR count). The fourth-order valence-electron chi connectivity index (χ4n) is 2.93. The van der Waals surface area contributed by atoms with E-state index < -0.39 is 0 Å². The smallest absolute Gasteiger partial charge is 0.224 e. The van der Waals surface area contributed by atoms with Gasteiger partial charge in [0.05, 0.1) is 13.5 Å². The van der Waals surface area contributed by atoms with E-state index in [4.69, 9.17) is 4.74 Å². The molecule has 130 valence electrons. The first-order chi connectivity index (χ1) is 12.1. The molecule has 0 atom stereocenters. The maximum absolute atomic E-state index is 12.1. The van der Waals surface area contributed by atoms with Gasteiger partial charge in [0, 0.05) is 18.7 Å². The predicted octanol–water partition coefficient (Wildman–Crippen LogP) is 2.48. The van der Waals surface area contributed by atoms with Gasteiger partial charge < -0.3 is 15.4 Å². The van der Waals surface area contributed by atoms with Crippen LogP contribution in [0.2, 0.25) is 0 Å². The summed E-state index contributed by atoms with van der Waals surface area (Å²) < 4.78 is 5.13. The molecule has 25 heavy (non-hydrogen) atoms. The zero-order chi connectivity index (χ0) is 17.6. The Kier molecular flexibility index (Phi) is 5.33. The monoisotopic (exact) mass is 338 g/mol. The van der Waals surface area contributed by atoms with E-state index in [9.17, 15) is 9.59 Å². The minimum absolute atomic E-state index is 0.00769. The van der Waals surface area contributed by atoms with Crippen LogP contribution < -0.4 is 15.4 Å². The lowest BCUT2D eigenvalue weighted by molar-refractivity contribution is -0.120. The maximum Gasteiger partial charge on any atom is 0.224 e. The van der Waals surface area contributed by atoms with Crippen molar-refractivity contribution in [2.24, 2.45) is 0 Å². The highest BCUT2D eigenvalue weighted by atomic mass is 16.5. The van der Waals surface area contributed by atoms with Crippen LogP contribution in [0.5, 0.6) is 5.75 Å². The van der Waals surface area contributed by atoms with Crippen molar-refractivity contribution >= 4 is 17.5 Å². The molecular weight excluding hydrogens is 316 g/mol. The molecule has 0 saturated heterocycles. The normalized spacial score (nSPS) is 12.9. The molecule has 0 radical (unpaired) electrons. The van der Waals surface area contributed by atoms with Crippen molar-refractivity contribution in [1.29, 1.82) is 0 Å². The Balaban J connectivity index is 1.48. The van der Waals surface area contributed by atoms with E-state index in [2.05, 4.69) is 10.6 Å². The number of methoxy groups -OCH3 is 1. The highest BCUT2D eigenvalue weighted by molar-refractivity contribution is 5.94. The highest BCUT2D eigenvalue weighted by Crippen LogP contribution is 2.23. The van der Waals surface area contributed by atoms with Crippen LogP contribution in [0.25, 0.3) is 0 Å². The number of amides is 2. The lowest BCUT2D eigenvalue weighted by Gasteiger charge is -2.17. The van der Waals surface area contributed by atoms with Gasteiger partial charge >= 0.3 is 0 Å². The number of anilines is 1. The number of hydrogen-bond acceptors (Lipinski definition) is 3. The molecule has 5 heteroatoms. The largest absolute Gasteiger partial charge is 0.497 e. The number of benzene rings is 2. The van der Waals surface area contributed by atoms with E-state index in [-0.39, 0.29) is 11.8 Å². The van der Waals surface area contributed by atoms with Gasteiger partial charge in [0.1, 0.15) is 5.75 Å². The van der Waals surface area contributed by atoms with Crippen molar-refractivity contribution in [2.45, 2.75) is 25.7 Å². The minimum Gasteiger partial charge on any atom is -0.497 e. The van der Waals surface area contributed by atoms with Gasteiger partial charge in [0.15, 0.2) is 0 Å². The second-order valence-electron chi connectivity index (χ2n) is 6.16. The lowest BCUT2D eigenvalue weighted by atomic mass is 9.99. The van der Waals surface area contributed by atoms with Gasteiger partial charge in [-0.25, -0.2) is 0 Å². The summed E-state index contributed by atoms with van der Waals surface area (Å²) in [4.78, 5) is 23.5. The molecule has 0 saturated carbocycles. The Morgan fingerprint density at radius 2 is 1.88 bits per heavy atom. The van der Waals surface area contributed by atoms with Gasteiger partial charge in [-0.05, 0) is 47.7 Å². The van der Waals surface area contributed by atoms with Crippen LogP contribution in [-0.4, -0.2) is 25.5 Å². The van der Waals surface area contributed by atoms with Crippen LogP contribution in [0.3, 0.4) is 0 Å². The second-order valence-corrected chi connectivity index (χ2v) is 6.16. The molecule has 0 unspecified atom stereocenters. The number of hydrogen-bond donors (Lipinski definition) is 2. The fraction of sp³-hybridized carbons (Fsp3) is 0.300. The molecule has 0 aromatic heterocycles. The Hall–Kier alpha value is -2.82. The molecule has 5 nitrogen and oxygen atoms in total. The minimum atomic E-state index is 0.00769. The Morgan fingerprint density at radius 3 is 2.64 bits per heavy atom. The third-order valence-corrected chi connectivity index (χ3v) is 4.32. The number of fused-ring (bicyclic) bond motifs is 1. The Bertz CT molecular complexity index is 769. The molecule has 1 aliphatic heterocycles. The summed E-state index contributed by atoms with van der Waals surface area (Å²) in [6, 6.07) is 13.6. The van der Waals surface area contributed by atoms with Crippen molar-refractivity contribution in [3.05, 3.63) is 59.2 Å². The van der Waals surface area contributed by atoms with Crippen molar-refractivity contribution in [3.8, 4) is 5.75 Å². The standard InChI is InChI=1S/C20H22N2O3/c1-25-17-6-2-14(3-7-17)10-11-21-20(24)13-15-4-8-18-16(12-15)5-9-19(23)22-18/h2-4,6-8,12H,5,9-11,13H2,1H3,(H,21,24)(H,22,23). The number of rotatable bonds is 6. The molecule has 2 aromatic carbocycles. The summed E-state index contributed by atoms with van der Waals surface area (Å²) in [6.07, 6.45) is 2.37.